The molecule has 0 bridgehead atoms. The number of benzene rings is 1. The third-order valence-corrected chi connectivity index (χ3v) is 2.88. The van der Waals surface area contributed by atoms with Gasteiger partial charge in [-0.05, 0) is 42.4 Å². The van der Waals surface area contributed by atoms with Crippen LogP contribution in [-0.2, 0) is 6.42 Å². The summed E-state index contributed by atoms with van der Waals surface area (Å²) in [5, 5.41) is 0. The maximum Gasteiger partial charge on any atom is 0.446 e. The van der Waals surface area contributed by atoms with Gasteiger partial charge in [-0.15, -0.1) is 0 Å². The summed E-state index contributed by atoms with van der Waals surface area (Å²) in [7, 11) is 2.46. The highest BCUT2D eigenvalue weighted by Crippen LogP contribution is 2.46. The standard InChI is InChI=1S/C11H14F3NO2S/c1-16-8-5-7(3-4-15)6-9(17-2)10(8)18-11(12,13)14/h5-6H,3-4,15H2,1-2H3/i4D2. The van der Waals surface area contributed by atoms with Gasteiger partial charge in [-0.25, -0.2) is 0 Å². The summed E-state index contributed by atoms with van der Waals surface area (Å²) in [6.45, 7) is -1.98. The molecular weight excluding hydrogens is 267 g/mol. The lowest BCUT2D eigenvalue weighted by Crippen LogP contribution is -2.05. The zero-order valence-corrected chi connectivity index (χ0v) is 10.6. The number of aryl methyl sites for hydroxylation is 1. The molecule has 3 nitrogen and oxygen atoms in total. The molecule has 1 aromatic carbocycles. The van der Waals surface area contributed by atoms with Crippen LogP contribution in [0.5, 0.6) is 11.5 Å². The van der Waals surface area contributed by atoms with Gasteiger partial charge in [0, 0.05) is 2.74 Å². The van der Waals surface area contributed by atoms with Crippen LogP contribution in [0, 0.1) is 0 Å². The van der Waals surface area contributed by atoms with Gasteiger partial charge in [0.15, 0.2) is 0 Å². The van der Waals surface area contributed by atoms with Crippen LogP contribution in [0.4, 0.5) is 13.2 Å². The Labute approximate surface area is 110 Å². The molecule has 0 unspecified atom stereocenters. The van der Waals surface area contributed by atoms with Gasteiger partial charge in [-0.1, -0.05) is 0 Å². The van der Waals surface area contributed by atoms with E-state index in [1.165, 1.54) is 26.4 Å². The second-order valence-electron chi connectivity index (χ2n) is 3.26. The van der Waals surface area contributed by atoms with E-state index in [2.05, 4.69) is 0 Å². The highest BCUT2D eigenvalue weighted by molar-refractivity contribution is 8.00. The Hall–Kier alpha value is -1.08. The van der Waals surface area contributed by atoms with Gasteiger partial charge in [0.2, 0.25) is 0 Å². The Morgan fingerprint density at radius 3 is 2.11 bits per heavy atom. The maximum atomic E-state index is 12.5. The predicted molar refractivity (Wildman–Crippen MR) is 64.2 cm³/mol. The molecule has 0 radical (unpaired) electrons. The number of methoxy groups -OCH3 is 2. The molecule has 0 aromatic heterocycles. The van der Waals surface area contributed by atoms with E-state index in [1.807, 2.05) is 0 Å². The smallest absolute Gasteiger partial charge is 0.446 e. The zero-order chi connectivity index (χ0) is 15.6. The van der Waals surface area contributed by atoms with Gasteiger partial charge in [0.05, 0.1) is 19.1 Å². The quantitative estimate of drug-likeness (QED) is 0.844. The van der Waals surface area contributed by atoms with Crippen molar-refractivity contribution in [1.29, 1.82) is 0 Å². The second-order valence-corrected chi connectivity index (χ2v) is 4.33. The van der Waals surface area contributed by atoms with Crippen LogP contribution in [0.3, 0.4) is 0 Å². The lowest BCUT2D eigenvalue weighted by molar-refractivity contribution is -0.0329. The van der Waals surface area contributed by atoms with Gasteiger partial charge in [-0.2, -0.15) is 13.2 Å². The number of hydrogen-bond acceptors (Lipinski definition) is 4. The van der Waals surface area contributed by atoms with Crippen molar-refractivity contribution < 1.29 is 25.4 Å². The molecule has 0 fully saturated rings. The molecule has 2 N–H and O–H groups in total. The molecule has 0 aliphatic carbocycles. The normalized spacial score (nSPS) is 13.9. The minimum absolute atomic E-state index is 0.0362. The molecule has 0 heterocycles. The number of nitrogens with two attached hydrogens (primary N) is 1. The van der Waals surface area contributed by atoms with E-state index < -0.39 is 12.0 Å². The first-order chi connectivity index (χ1) is 9.05. The molecule has 0 aliphatic rings. The number of ether oxygens (including phenoxy) is 2. The molecule has 0 saturated heterocycles. The fourth-order valence-electron chi connectivity index (χ4n) is 1.37. The van der Waals surface area contributed by atoms with E-state index in [0.717, 1.165) is 0 Å². The first-order valence-electron chi connectivity index (χ1n) is 5.85. The van der Waals surface area contributed by atoms with Gasteiger partial charge in [-0.3, -0.25) is 0 Å². The minimum atomic E-state index is -4.48. The van der Waals surface area contributed by atoms with E-state index in [1.54, 1.807) is 0 Å². The summed E-state index contributed by atoms with van der Waals surface area (Å²) < 4.78 is 62.0. The summed E-state index contributed by atoms with van der Waals surface area (Å²) in [4.78, 5) is -0.205. The molecule has 0 saturated carbocycles. The van der Waals surface area contributed by atoms with Crippen molar-refractivity contribution in [3.8, 4) is 11.5 Å². The Morgan fingerprint density at radius 1 is 1.28 bits per heavy atom. The van der Waals surface area contributed by atoms with Crippen molar-refractivity contribution in [2.45, 2.75) is 16.8 Å². The summed E-state index contributed by atoms with van der Waals surface area (Å²) in [6.07, 6.45) is -0.170. The van der Waals surface area contributed by atoms with Crippen molar-refractivity contribution in [2.24, 2.45) is 5.73 Å². The third kappa shape index (κ3) is 3.99. The third-order valence-electron chi connectivity index (χ3n) is 2.04. The lowest BCUT2D eigenvalue weighted by Gasteiger charge is -2.15. The summed E-state index contributed by atoms with van der Waals surface area (Å²) in [5.41, 5.74) is 1.16. The van der Waals surface area contributed by atoms with Crippen molar-refractivity contribution >= 4 is 11.8 Å². The maximum absolute atomic E-state index is 12.5. The number of alkyl halides is 3. The molecule has 1 aromatic rings. The number of hydrogen-bond donors (Lipinski definition) is 1. The van der Waals surface area contributed by atoms with Crippen molar-refractivity contribution in [3.05, 3.63) is 17.7 Å². The van der Waals surface area contributed by atoms with E-state index >= 15 is 0 Å². The van der Waals surface area contributed by atoms with E-state index in [9.17, 15) is 13.2 Å². The first-order valence-corrected chi connectivity index (χ1v) is 5.67. The topological polar surface area (TPSA) is 44.5 Å². The SMILES string of the molecule is [2H]C([2H])(N)Cc1cc(OC)c(SC(F)(F)F)c(OC)c1. The molecule has 0 amide bonds. The second kappa shape index (κ2) is 6.19. The van der Waals surface area contributed by atoms with Gasteiger partial charge >= 0.3 is 5.51 Å². The minimum Gasteiger partial charge on any atom is -0.495 e. The average Bonchev–Trinajstić information content (AvgIpc) is 2.26. The molecule has 1 rings (SSSR count). The zero-order valence-electron chi connectivity index (χ0n) is 11.8. The number of halogens is 3. The van der Waals surface area contributed by atoms with Crippen LogP contribution in [0.2, 0.25) is 0 Å². The molecular formula is C11H14F3NO2S. The molecule has 0 atom stereocenters. The Balaban J connectivity index is 3.25. The Morgan fingerprint density at radius 2 is 1.78 bits per heavy atom. The number of rotatable bonds is 5. The van der Waals surface area contributed by atoms with E-state index in [0.29, 0.717) is 5.56 Å². The van der Waals surface area contributed by atoms with Gasteiger partial charge < -0.3 is 15.2 Å². The highest BCUT2D eigenvalue weighted by Gasteiger charge is 2.33. The van der Waals surface area contributed by atoms with Crippen LogP contribution in [0.15, 0.2) is 17.0 Å². The average molecular weight is 283 g/mol. The van der Waals surface area contributed by atoms with Crippen LogP contribution < -0.4 is 15.2 Å². The Bertz CT molecular complexity index is 453. The highest BCUT2D eigenvalue weighted by atomic mass is 32.2. The van der Waals surface area contributed by atoms with Crippen LogP contribution >= 0.6 is 11.8 Å². The Kier molecular flexibility index (Phi) is 4.12. The molecule has 102 valence electrons. The van der Waals surface area contributed by atoms with E-state index in [-0.39, 0.29) is 34.6 Å². The van der Waals surface area contributed by atoms with Crippen molar-refractivity contribution in [3.63, 3.8) is 0 Å². The molecule has 0 aliphatic heterocycles. The first kappa shape index (κ1) is 12.0. The monoisotopic (exact) mass is 283 g/mol. The van der Waals surface area contributed by atoms with E-state index in [4.69, 9.17) is 17.9 Å². The largest absolute Gasteiger partial charge is 0.495 e. The fourth-order valence-corrected chi connectivity index (χ4v) is 2.09. The summed E-state index contributed by atoms with van der Waals surface area (Å²) in [6, 6.07) is 2.64. The van der Waals surface area contributed by atoms with Crippen LogP contribution in [0.1, 0.15) is 8.30 Å². The van der Waals surface area contributed by atoms with Crippen LogP contribution in [0.25, 0.3) is 0 Å². The molecule has 0 spiro atoms. The lowest BCUT2D eigenvalue weighted by atomic mass is 10.1. The van der Waals surface area contributed by atoms with Crippen molar-refractivity contribution in [1.82, 2.24) is 0 Å². The summed E-state index contributed by atoms with van der Waals surface area (Å²) >= 11 is -0.345. The van der Waals surface area contributed by atoms with Gasteiger partial charge in [0.1, 0.15) is 11.5 Å². The molecule has 7 heteroatoms. The number of thioether (sulfide) groups is 1. The van der Waals surface area contributed by atoms with Gasteiger partial charge in [0.25, 0.3) is 0 Å². The predicted octanol–water partition coefficient (Wildman–Crippen LogP) is 2.82. The summed E-state index contributed by atoms with van der Waals surface area (Å²) in [5.74, 6) is -0.0724. The molecule has 18 heavy (non-hydrogen) atoms. The fraction of sp³-hybridized carbons (Fsp3) is 0.455. The van der Waals surface area contributed by atoms with Crippen LogP contribution in [-0.4, -0.2) is 26.2 Å². The van der Waals surface area contributed by atoms with Crippen molar-refractivity contribution in [2.75, 3.05) is 20.7 Å².